The molecule has 27 heavy (non-hydrogen) atoms. The number of likely N-dealkylation sites (N-methyl/N-ethyl adjacent to an activating group) is 1. The van der Waals surface area contributed by atoms with E-state index in [1.807, 2.05) is 36.2 Å². The van der Waals surface area contributed by atoms with Gasteiger partial charge in [-0.25, -0.2) is 0 Å². The molecule has 0 bridgehead atoms. The molecule has 0 aromatic heterocycles. The highest BCUT2D eigenvalue weighted by atomic mass is 16.5. The van der Waals surface area contributed by atoms with Gasteiger partial charge in [-0.05, 0) is 42.9 Å². The van der Waals surface area contributed by atoms with Crippen LogP contribution >= 0.6 is 0 Å². The maximum absolute atomic E-state index is 12.9. The maximum Gasteiger partial charge on any atom is 0.309 e. The van der Waals surface area contributed by atoms with Crippen molar-refractivity contribution in [2.45, 2.75) is 51.9 Å². The highest BCUT2D eigenvalue weighted by Gasteiger charge is 2.31. The fraction of sp³-hybridized carbons (Fsp3) is 0.636. The van der Waals surface area contributed by atoms with Crippen LogP contribution in [-0.4, -0.2) is 44.1 Å². The molecular weight excluding hydrogens is 342 g/mol. The summed E-state index contributed by atoms with van der Waals surface area (Å²) < 4.78 is 10.4. The molecule has 2 rings (SSSR count). The van der Waals surface area contributed by atoms with Gasteiger partial charge in [-0.3, -0.25) is 9.59 Å². The van der Waals surface area contributed by atoms with Gasteiger partial charge in [-0.1, -0.05) is 38.3 Å². The summed E-state index contributed by atoms with van der Waals surface area (Å²) in [4.78, 5) is 26.0. The average Bonchev–Trinajstić information content (AvgIpc) is 3.21. The topological polar surface area (TPSA) is 55.8 Å². The summed E-state index contributed by atoms with van der Waals surface area (Å²) in [7, 11) is 3.26. The van der Waals surface area contributed by atoms with Crippen molar-refractivity contribution in [1.82, 2.24) is 4.90 Å². The number of esters is 1. The van der Waals surface area contributed by atoms with E-state index in [4.69, 9.17) is 4.74 Å². The third kappa shape index (κ3) is 6.56. The Labute approximate surface area is 163 Å². The molecule has 1 amide bonds. The quantitative estimate of drug-likeness (QED) is 0.583. The number of hydrogen-bond acceptors (Lipinski definition) is 4. The van der Waals surface area contributed by atoms with Gasteiger partial charge in [0.2, 0.25) is 5.91 Å². The summed E-state index contributed by atoms with van der Waals surface area (Å²) >= 11 is 0. The third-order valence-electron chi connectivity index (χ3n) is 5.46. The van der Waals surface area contributed by atoms with Crippen LogP contribution in [0.3, 0.4) is 0 Å². The minimum Gasteiger partial charge on any atom is -0.492 e. The number of nitrogens with zero attached hydrogens (tertiary/aromatic N) is 1. The van der Waals surface area contributed by atoms with Crippen molar-refractivity contribution in [3.63, 3.8) is 0 Å². The van der Waals surface area contributed by atoms with Crippen LogP contribution in [0.15, 0.2) is 24.3 Å². The van der Waals surface area contributed by atoms with Gasteiger partial charge >= 0.3 is 5.97 Å². The van der Waals surface area contributed by atoms with E-state index in [-0.39, 0.29) is 24.2 Å². The molecule has 5 heteroatoms. The minimum absolute atomic E-state index is 0.167. The second kappa shape index (κ2) is 11.0. The molecule has 1 aromatic carbocycles. The molecule has 0 aliphatic heterocycles. The second-order valence-electron chi connectivity index (χ2n) is 7.44. The Morgan fingerprint density at radius 1 is 1.19 bits per heavy atom. The van der Waals surface area contributed by atoms with Gasteiger partial charge in [0.1, 0.15) is 12.4 Å². The van der Waals surface area contributed by atoms with Gasteiger partial charge in [0.25, 0.3) is 0 Å². The zero-order valence-corrected chi connectivity index (χ0v) is 16.9. The molecule has 0 radical (unpaired) electrons. The second-order valence-corrected chi connectivity index (χ2v) is 7.44. The molecule has 1 aliphatic carbocycles. The molecule has 0 saturated heterocycles. The van der Waals surface area contributed by atoms with E-state index >= 15 is 0 Å². The Bertz CT molecular complexity index is 593. The maximum atomic E-state index is 12.9. The predicted octanol–water partition coefficient (Wildman–Crippen LogP) is 3.85. The number of benzene rings is 1. The van der Waals surface area contributed by atoms with E-state index in [0.717, 1.165) is 24.2 Å². The predicted molar refractivity (Wildman–Crippen MR) is 106 cm³/mol. The highest BCUT2D eigenvalue weighted by Crippen LogP contribution is 2.34. The van der Waals surface area contributed by atoms with Crippen LogP contribution < -0.4 is 4.74 Å². The van der Waals surface area contributed by atoms with Crippen LogP contribution in [0.2, 0.25) is 0 Å². The monoisotopic (exact) mass is 375 g/mol. The van der Waals surface area contributed by atoms with Crippen LogP contribution in [0.4, 0.5) is 0 Å². The number of rotatable bonds is 10. The first kappa shape index (κ1) is 21.3. The number of carbonyl (C=O) groups excluding carboxylic acids is 2. The van der Waals surface area contributed by atoms with Crippen molar-refractivity contribution in [1.29, 1.82) is 0 Å². The zero-order valence-electron chi connectivity index (χ0n) is 16.9. The number of methoxy groups -OCH3 is 1. The Kier molecular flexibility index (Phi) is 8.62. The van der Waals surface area contributed by atoms with E-state index < -0.39 is 0 Å². The summed E-state index contributed by atoms with van der Waals surface area (Å²) in [5, 5.41) is 0. The molecule has 1 atom stereocenters. The molecule has 5 nitrogen and oxygen atoms in total. The molecule has 1 fully saturated rings. The minimum atomic E-state index is -0.257. The van der Waals surface area contributed by atoms with E-state index in [2.05, 4.69) is 11.7 Å². The molecule has 1 aliphatic rings. The van der Waals surface area contributed by atoms with Crippen molar-refractivity contribution in [2.75, 3.05) is 27.3 Å². The highest BCUT2D eigenvalue weighted by molar-refractivity contribution is 5.79. The average molecular weight is 376 g/mol. The zero-order chi connectivity index (χ0) is 19.6. The Hall–Kier alpha value is -2.04. The van der Waals surface area contributed by atoms with Crippen molar-refractivity contribution in [3.8, 4) is 5.75 Å². The third-order valence-corrected chi connectivity index (χ3v) is 5.46. The number of carbonyl (C=O) groups is 2. The lowest BCUT2D eigenvalue weighted by molar-refractivity contribution is -0.140. The standard InChI is InChI=1S/C22H33NO4/c1-4-7-20(18-8-5-6-9-18)22(25)23(2)14-15-27-19-12-10-17(11-13-19)16-21(24)26-3/h10-13,18,20H,4-9,14-16H2,1-3H3. The number of hydrogen-bond donors (Lipinski definition) is 0. The lowest BCUT2D eigenvalue weighted by atomic mass is 9.86. The fourth-order valence-electron chi connectivity index (χ4n) is 3.87. The van der Waals surface area contributed by atoms with Crippen LogP contribution in [-0.2, 0) is 20.7 Å². The summed E-state index contributed by atoms with van der Waals surface area (Å²) in [5.74, 6) is 1.47. The number of ether oxygens (including phenoxy) is 2. The van der Waals surface area contributed by atoms with Gasteiger partial charge in [-0.2, -0.15) is 0 Å². The molecular formula is C22H33NO4. The Morgan fingerprint density at radius 2 is 1.85 bits per heavy atom. The van der Waals surface area contributed by atoms with Crippen LogP contribution in [0.5, 0.6) is 5.75 Å². The summed E-state index contributed by atoms with van der Waals surface area (Å²) in [5.41, 5.74) is 0.889. The largest absolute Gasteiger partial charge is 0.492 e. The van der Waals surface area contributed by atoms with Crippen LogP contribution in [0.25, 0.3) is 0 Å². The molecule has 0 N–H and O–H groups in total. The Balaban J connectivity index is 1.79. The van der Waals surface area contributed by atoms with E-state index in [1.54, 1.807) is 0 Å². The lowest BCUT2D eigenvalue weighted by Crippen LogP contribution is -2.38. The van der Waals surface area contributed by atoms with Gasteiger partial charge < -0.3 is 14.4 Å². The molecule has 0 spiro atoms. The first-order valence-corrected chi connectivity index (χ1v) is 10.1. The smallest absolute Gasteiger partial charge is 0.309 e. The summed E-state index contributed by atoms with van der Waals surface area (Å²) in [6.45, 7) is 3.19. The Morgan fingerprint density at radius 3 is 2.44 bits per heavy atom. The number of amides is 1. The van der Waals surface area contributed by atoms with Gasteiger partial charge in [0, 0.05) is 13.0 Å². The van der Waals surface area contributed by atoms with E-state index in [0.29, 0.717) is 19.1 Å². The molecule has 1 aromatic rings. The van der Waals surface area contributed by atoms with E-state index in [9.17, 15) is 9.59 Å². The van der Waals surface area contributed by atoms with Crippen LogP contribution in [0, 0.1) is 11.8 Å². The van der Waals surface area contributed by atoms with Crippen molar-refractivity contribution < 1.29 is 19.1 Å². The van der Waals surface area contributed by atoms with Gasteiger partial charge in [0.05, 0.1) is 20.1 Å². The molecule has 0 heterocycles. The molecule has 150 valence electrons. The SMILES string of the molecule is CCCC(C(=O)N(C)CCOc1ccc(CC(=O)OC)cc1)C1CCCC1. The summed E-state index contributed by atoms with van der Waals surface area (Å²) in [6, 6.07) is 7.41. The lowest BCUT2D eigenvalue weighted by Gasteiger charge is -2.27. The van der Waals surface area contributed by atoms with Crippen molar-refractivity contribution in [3.05, 3.63) is 29.8 Å². The summed E-state index contributed by atoms with van der Waals surface area (Å²) in [6.07, 6.45) is 7.20. The fourth-order valence-corrected chi connectivity index (χ4v) is 3.87. The van der Waals surface area contributed by atoms with Crippen molar-refractivity contribution in [2.24, 2.45) is 11.8 Å². The first-order chi connectivity index (χ1) is 13.0. The first-order valence-electron chi connectivity index (χ1n) is 10.1. The van der Waals surface area contributed by atoms with Gasteiger partial charge in [-0.15, -0.1) is 0 Å². The van der Waals surface area contributed by atoms with Gasteiger partial charge in [0.15, 0.2) is 0 Å². The molecule has 1 unspecified atom stereocenters. The van der Waals surface area contributed by atoms with Crippen molar-refractivity contribution >= 4 is 11.9 Å². The molecule has 1 saturated carbocycles. The normalized spacial score (nSPS) is 15.4. The van der Waals surface area contributed by atoms with Crippen LogP contribution in [0.1, 0.15) is 51.0 Å². The van der Waals surface area contributed by atoms with E-state index in [1.165, 1.54) is 32.8 Å².